The second-order valence-corrected chi connectivity index (χ2v) is 10.2. The van der Waals surface area contributed by atoms with E-state index in [4.69, 9.17) is 4.74 Å². The fourth-order valence-corrected chi connectivity index (χ4v) is 7.10. The first-order chi connectivity index (χ1) is 14.0. The molecule has 2 heterocycles. The number of nitrogens with zero attached hydrogens (tertiary/aromatic N) is 1. The Morgan fingerprint density at radius 1 is 0.793 bits per heavy atom. The molecule has 1 saturated heterocycles. The van der Waals surface area contributed by atoms with Gasteiger partial charge >= 0.3 is 0 Å². The van der Waals surface area contributed by atoms with Crippen molar-refractivity contribution in [2.24, 2.45) is 0 Å². The monoisotopic (exact) mass is 403 g/mol. The van der Waals surface area contributed by atoms with Gasteiger partial charge in [0.25, 0.3) is 0 Å². The van der Waals surface area contributed by atoms with Crippen LogP contribution >= 0.6 is 0 Å². The second kappa shape index (κ2) is 5.71. The first-order valence-corrected chi connectivity index (χ1v) is 11.4. The molecular weight excluding hydrogens is 382 g/mol. The minimum Gasteiger partial charge on any atom is -0.473 e. The lowest BCUT2D eigenvalue weighted by atomic mass is 9.84. The van der Waals surface area contributed by atoms with Crippen molar-refractivity contribution in [2.45, 2.75) is 42.8 Å². The van der Waals surface area contributed by atoms with Crippen molar-refractivity contribution in [2.75, 3.05) is 0 Å². The Morgan fingerprint density at radius 2 is 1.48 bits per heavy atom. The summed E-state index contributed by atoms with van der Waals surface area (Å²) in [5.74, 6) is 0.910. The molecule has 0 saturated carbocycles. The normalized spacial score (nSPS) is 26.7. The number of fused-ring (bicyclic) bond motifs is 3. The summed E-state index contributed by atoms with van der Waals surface area (Å²) in [6, 6.07) is 21.2. The van der Waals surface area contributed by atoms with E-state index in [0.717, 1.165) is 28.0 Å². The van der Waals surface area contributed by atoms with Crippen molar-refractivity contribution in [1.82, 2.24) is 4.31 Å². The van der Waals surface area contributed by atoms with Crippen molar-refractivity contribution >= 4 is 10.0 Å². The molecule has 4 bridgehead atoms. The predicted octanol–water partition coefficient (Wildman–Crippen LogP) is 4.65. The molecule has 1 fully saturated rings. The topological polar surface area (TPSA) is 46.6 Å². The lowest BCUT2D eigenvalue weighted by molar-refractivity contribution is 0.0801. The lowest BCUT2D eigenvalue weighted by Crippen LogP contribution is -2.44. The molecule has 0 aromatic heterocycles. The highest BCUT2D eigenvalue weighted by atomic mass is 32.2. The number of aryl methyl sites for hydroxylation is 2. The highest BCUT2D eigenvalue weighted by molar-refractivity contribution is 7.89. The number of hydrogen-bond donors (Lipinski definition) is 0. The van der Waals surface area contributed by atoms with Crippen LogP contribution in [0.5, 0.6) is 5.75 Å². The lowest BCUT2D eigenvalue weighted by Gasteiger charge is -2.36. The molecule has 1 aliphatic carbocycles. The highest BCUT2D eigenvalue weighted by Gasteiger charge is 2.64. The largest absolute Gasteiger partial charge is 0.473 e. The quantitative estimate of drug-likeness (QED) is 0.626. The van der Waals surface area contributed by atoms with Gasteiger partial charge < -0.3 is 4.74 Å². The third kappa shape index (κ3) is 2.20. The Bertz CT molecular complexity index is 1250. The van der Waals surface area contributed by atoms with E-state index in [2.05, 4.69) is 25.1 Å². The fraction of sp³-hybridized carbons (Fsp3) is 0.250. The van der Waals surface area contributed by atoms with Gasteiger partial charge in [0.2, 0.25) is 10.0 Å². The summed E-state index contributed by atoms with van der Waals surface area (Å²) < 4.78 is 35.5. The maximum absolute atomic E-state index is 13.8. The summed E-state index contributed by atoms with van der Waals surface area (Å²) in [6.07, 6.45) is -0.513. The molecule has 3 aromatic carbocycles. The Kier molecular flexibility index (Phi) is 3.40. The zero-order chi connectivity index (χ0) is 19.9. The van der Waals surface area contributed by atoms with Crippen LogP contribution in [0.15, 0.2) is 71.6 Å². The van der Waals surface area contributed by atoms with E-state index < -0.39 is 16.3 Å². The van der Waals surface area contributed by atoms with Crippen LogP contribution in [0.2, 0.25) is 0 Å². The van der Waals surface area contributed by atoms with Crippen molar-refractivity contribution in [3.63, 3.8) is 0 Å². The van der Waals surface area contributed by atoms with E-state index >= 15 is 0 Å². The minimum absolute atomic E-state index is 0.0192. The van der Waals surface area contributed by atoms with E-state index in [-0.39, 0.29) is 17.9 Å². The van der Waals surface area contributed by atoms with Crippen molar-refractivity contribution < 1.29 is 13.2 Å². The summed E-state index contributed by atoms with van der Waals surface area (Å²) in [4.78, 5) is 0.322. The molecule has 4 nitrogen and oxygen atoms in total. The average Bonchev–Trinajstić information content (AvgIpc) is 3.17. The van der Waals surface area contributed by atoms with Crippen LogP contribution in [0.3, 0.4) is 0 Å². The molecule has 0 unspecified atom stereocenters. The molecule has 5 heteroatoms. The molecule has 3 aliphatic rings. The Hall–Kier alpha value is -2.63. The Balaban J connectivity index is 1.57. The summed E-state index contributed by atoms with van der Waals surface area (Å²) >= 11 is 0. The van der Waals surface area contributed by atoms with Gasteiger partial charge in [0.1, 0.15) is 5.75 Å². The maximum atomic E-state index is 13.8. The van der Waals surface area contributed by atoms with Crippen molar-refractivity contribution in [3.8, 4) is 5.75 Å². The van der Waals surface area contributed by atoms with Crippen LogP contribution in [0.25, 0.3) is 0 Å². The molecule has 29 heavy (non-hydrogen) atoms. The van der Waals surface area contributed by atoms with Gasteiger partial charge in [-0.3, -0.25) is 0 Å². The Labute approximate surface area is 170 Å². The number of benzene rings is 3. The van der Waals surface area contributed by atoms with Gasteiger partial charge in [-0.1, -0.05) is 59.7 Å². The average molecular weight is 404 g/mol. The minimum atomic E-state index is -3.70. The highest BCUT2D eigenvalue weighted by Crippen LogP contribution is 2.66. The van der Waals surface area contributed by atoms with Gasteiger partial charge in [0, 0.05) is 17.4 Å². The fourth-order valence-electron chi connectivity index (χ4n) is 5.38. The molecule has 0 radical (unpaired) electrons. The summed E-state index contributed by atoms with van der Waals surface area (Å²) in [5.41, 5.74) is 5.64. The zero-order valence-corrected chi connectivity index (χ0v) is 17.1. The smallest absolute Gasteiger partial charge is 0.246 e. The standard InChI is InChI=1S/C24H21NO3S/c1-14-7-10-16(11-8-14)29(26,27)25-23-18-6-4-3-5-17(18)22-21(23)19-13-15(2)9-12-20(19)28-24(22)25/h3-13,21-24H,1-2H3/t21-,22-,23+,24+/m0/s1. The van der Waals surface area contributed by atoms with Gasteiger partial charge in [-0.05, 0) is 43.2 Å². The molecule has 4 atom stereocenters. The van der Waals surface area contributed by atoms with Crippen LogP contribution < -0.4 is 4.74 Å². The van der Waals surface area contributed by atoms with E-state index in [1.165, 1.54) is 5.56 Å². The van der Waals surface area contributed by atoms with Crippen LogP contribution in [0.4, 0.5) is 0 Å². The molecular formula is C24H21NO3S. The van der Waals surface area contributed by atoms with E-state index in [0.29, 0.717) is 4.90 Å². The summed E-state index contributed by atoms with van der Waals surface area (Å²) in [6.45, 7) is 4.02. The third-order valence-electron chi connectivity index (χ3n) is 6.60. The van der Waals surface area contributed by atoms with Gasteiger partial charge in [-0.15, -0.1) is 0 Å². The van der Waals surface area contributed by atoms with Gasteiger partial charge in [-0.25, -0.2) is 8.42 Å². The van der Waals surface area contributed by atoms with Gasteiger partial charge in [0.15, 0.2) is 6.23 Å². The molecule has 0 spiro atoms. The van der Waals surface area contributed by atoms with Crippen molar-refractivity contribution in [1.29, 1.82) is 0 Å². The van der Waals surface area contributed by atoms with E-state index in [9.17, 15) is 8.42 Å². The van der Waals surface area contributed by atoms with Crippen molar-refractivity contribution in [3.05, 3.63) is 94.5 Å². The third-order valence-corrected chi connectivity index (χ3v) is 8.46. The van der Waals surface area contributed by atoms with Crippen LogP contribution in [0.1, 0.15) is 45.7 Å². The predicted molar refractivity (Wildman–Crippen MR) is 110 cm³/mol. The van der Waals surface area contributed by atoms with Gasteiger partial charge in [-0.2, -0.15) is 4.31 Å². The summed E-state index contributed by atoms with van der Waals surface area (Å²) in [5, 5.41) is 0. The van der Waals surface area contributed by atoms with Crippen LogP contribution in [0, 0.1) is 13.8 Å². The molecule has 3 aromatic rings. The zero-order valence-electron chi connectivity index (χ0n) is 16.2. The molecule has 146 valence electrons. The first-order valence-electron chi connectivity index (χ1n) is 9.93. The second-order valence-electron chi connectivity index (χ2n) is 8.32. The number of ether oxygens (including phenoxy) is 1. The first kappa shape index (κ1) is 17.2. The number of hydrogen-bond acceptors (Lipinski definition) is 3. The molecule has 0 N–H and O–H groups in total. The molecule has 0 amide bonds. The van der Waals surface area contributed by atoms with E-state index in [1.54, 1.807) is 16.4 Å². The SMILES string of the molecule is Cc1ccc(S(=O)(=O)N2[C@@H]3Oc4ccc(C)cc4[C@H]4[C@@H]3c3ccccc3[C@H]42)cc1. The van der Waals surface area contributed by atoms with E-state index in [1.807, 2.05) is 43.3 Å². The van der Waals surface area contributed by atoms with Crippen LogP contribution in [-0.4, -0.2) is 19.0 Å². The Morgan fingerprint density at radius 3 is 2.24 bits per heavy atom. The van der Waals surface area contributed by atoms with Crippen LogP contribution in [-0.2, 0) is 10.0 Å². The molecule has 6 rings (SSSR count). The summed E-state index contributed by atoms with van der Waals surface area (Å²) in [7, 11) is -3.70. The number of sulfonamides is 1. The number of rotatable bonds is 2. The molecule has 2 aliphatic heterocycles. The maximum Gasteiger partial charge on any atom is 0.246 e. The van der Waals surface area contributed by atoms with Gasteiger partial charge in [0.05, 0.1) is 10.9 Å².